The van der Waals surface area contributed by atoms with Crippen LogP contribution in [0.25, 0.3) is 0 Å². The second-order valence-electron chi connectivity index (χ2n) is 2.94. The predicted octanol–water partition coefficient (Wildman–Crippen LogP) is 2.24. The summed E-state index contributed by atoms with van der Waals surface area (Å²) in [5.74, 6) is 0.0379. The molecule has 2 heteroatoms. The van der Waals surface area contributed by atoms with Crippen molar-refractivity contribution in [3.63, 3.8) is 0 Å². The Labute approximate surface area is 78.3 Å². The Morgan fingerprint density at radius 2 is 1.85 bits per heavy atom. The van der Waals surface area contributed by atoms with Crippen molar-refractivity contribution in [2.45, 2.75) is 20.4 Å². The number of nitrogens with zero attached hydrogens (tertiary/aromatic N) is 1. The lowest BCUT2D eigenvalue weighted by atomic mass is 10.2. The third kappa shape index (κ3) is 3.20. The van der Waals surface area contributed by atoms with Gasteiger partial charge >= 0.3 is 0 Å². The van der Waals surface area contributed by atoms with Gasteiger partial charge < -0.3 is 0 Å². The maximum Gasteiger partial charge on any atom is 0.173 e. The first-order chi connectivity index (χ1) is 6.20. The van der Waals surface area contributed by atoms with Crippen LogP contribution in [-0.4, -0.2) is 11.5 Å². The zero-order valence-corrected chi connectivity index (χ0v) is 7.95. The molecule has 0 aliphatic carbocycles. The fourth-order valence-corrected chi connectivity index (χ4v) is 0.905. The Morgan fingerprint density at radius 3 is 2.38 bits per heavy atom. The summed E-state index contributed by atoms with van der Waals surface area (Å²) in [4.78, 5) is 15.0. The average Bonchev–Trinajstić information content (AvgIpc) is 2.15. The molecular formula is C11H13NO. The topological polar surface area (TPSA) is 29.4 Å². The van der Waals surface area contributed by atoms with E-state index in [0.717, 1.165) is 5.56 Å². The molecule has 0 bridgehead atoms. The molecule has 0 atom stereocenters. The normalized spacial score (nSPS) is 11.4. The molecule has 0 radical (unpaired) electrons. The number of hydrogen-bond donors (Lipinski definition) is 0. The summed E-state index contributed by atoms with van der Waals surface area (Å²) in [7, 11) is 0. The largest absolute Gasteiger partial charge is 0.293 e. The molecule has 68 valence electrons. The maximum atomic E-state index is 10.8. The molecule has 0 unspecified atom stereocenters. The molecule has 0 fully saturated rings. The Bertz CT molecular complexity index is 314. The van der Waals surface area contributed by atoms with Crippen molar-refractivity contribution in [2.75, 3.05) is 0 Å². The summed E-state index contributed by atoms with van der Waals surface area (Å²) in [5, 5.41) is 0. The molecular weight excluding hydrogens is 162 g/mol. The lowest BCUT2D eigenvalue weighted by molar-refractivity contribution is -0.111. The summed E-state index contributed by atoms with van der Waals surface area (Å²) in [6, 6.07) is 9.89. The lowest BCUT2D eigenvalue weighted by Gasteiger charge is -1.96. The predicted molar refractivity (Wildman–Crippen MR) is 53.9 cm³/mol. The van der Waals surface area contributed by atoms with E-state index in [4.69, 9.17) is 0 Å². The van der Waals surface area contributed by atoms with E-state index in [0.29, 0.717) is 12.3 Å². The molecule has 0 heterocycles. The highest BCUT2D eigenvalue weighted by Gasteiger charge is 1.96. The smallest absolute Gasteiger partial charge is 0.173 e. The van der Waals surface area contributed by atoms with Gasteiger partial charge in [0.1, 0.15) is 0 Å². The van der Waals surface area contributed by atoms with E-state index in [2.05, 4.69) is 4.99 Å². The van der Waals surface area contributed by atoms with Crippen molar-refractivity contribution in [3.8, 4) is 0 Å². The highest BCUT2D eigenvalue weighted by atomic mass is 16.1. The van der Waals surface area contributed by atoms with E-state index in [1.807, 2.05) is 30.3 Å². The van der Waals surface area contributed by atoms with Crippen molar-refractivity contribution in [2.24, 2.45) is 4.99 Å². The van der Waals surface area contributed by atoms with E-state index in [1.165, 1.54) is 6.92 Å². The minimum absolute atomic E-state index is 0.0379. The Balaban J connectivity index is 2.62. The zero-order valence-electron chi connectivity index (χ0n) is 7.95. The van der Waals surface area contributed by atoms with Crippen LogP contribution in [-0.2, 0) is 11.3 Å². The van der Waals surface area contributed by atoms with E-state index >= 15 is 0 Å². The Kier molecular flexibility index (Phi) is 3.38. The highest BCUT2D eigenvalue weighted by Crippen LogP contribution is 2.00. The molecule has 0 aromatic heterocycles. The highest BCUT2D eigenvalue weighted by molar-refractivity contribution is 6.37. The summed E-state index contributed by atoms with van der Waals surface area (Å²) >= 11 is 0. The first-order valence-corrected chi connectivity index (χ1v) is 4.26. The molecule has 0 aliphatic heterocycles. The van der Waals surface area contributed by atoms with Crippen LogP contribution in [0.15, 0.2) is 35.3 Å². The van der Waals surface area contributed by atoms with Gasteiger partial charge in [0.05, 0.1) is 12.3 Å². The molecule has 1 aromatic carbocycles. The van der Waals surface area contributed by atoms with Crippen molar-refractivity contribution in [1.29, 1.82) is 0 Å². The maximum absolute atomic E-state index is 10.8. The monoisotopic (exact) mass is 175 g/mol. The van der Waals surface area contributed by atoms with Crippen molar-refractivity contribution < 1.29 is 4.79 Å². The molecule has 2 nitrogen and oxygen atoms in total. The van der Waals surface area contributed by atoms with Gasteiger partial charge in [-0.15, -0.1) is 0 Å². The molecule has 1 aromatic rings. The molecule has 0 N–H and O–H groups in total. The summed E-state index contributed by atoms with van der Waals surface area (Å²) in [6.45, 7) is 3.86. The van der Waals surface area contributed by atoms with Crippen LogP contribution in [0.2, 0.25) is 0 Å². The quantitative estimate of drug-likeness (QED) is 0.648. The number of Topliss-reactive ketones (excluding diaryl/α,β-unsaturated/α-hetero) is 1. The van der Waals surface area contributed by atoms with E-state index in [1.54, 1.807) is 6.92 Å². The third-order valence-corrected chi connectivity index (χ3v) is 1.85. The number of rotatable bonds is 3. The molecule has 13 heavy (non-hydrogen) atoms. The second-order valence-corrected chi connectivity index (χ2v) is 2.94. The summed E-state index contributed by atoms with van der Waals surface area (Å²) in [5.41, 5.74) is 1.71. The van der Waals surface area contributed by atoms with Gasteiger partial charge in [-0.3, -0.25) is 9.79 Å². The van der Waals surface area contributed by atoms with Crippen molar-refractivity contribution in [1.82, 2.24) is 0 Å². The van der Waals surface area contributed by atoms with Gasteiger partial charge in [0.15, 0.2) is 5.78 Å². The number of carbonyl (C=O) groups is 1. The van der Waals surface area contributed by atoms with Gasteiger partial charge in [-0.05, 0) is 12.5 Å². The second kappa shape index (κ2) is 4.55. The van der Waals surface area contributed by atoms with Crippen LogP contribution in [0.4, 0.5) is 0 Å². The SMILES string of the molecule is CC(=O)/C(C)=N/Cc1ccccc1. The van der Waals surface area contributed by atoms with E-state index in [9.17, 15) is 4.79 Å². The van der Waals surface area contributed by atoms with Gasteiger partial charge in [-0.1, -0.05) is 30.3 Å². The molecule has 1 rings (SSSR count). The Hall–Kier alpha value is -1.44. The van der Waals surface area contributed by atoms with Crippen LogP contribution >= 0.6 is 0 Å². The molecule has 0 amide bonds. The molecule has 0 saturated carbocycles. The van der Waals surface area contributed by atoms with Gasteiger partial charge in [-0.25, -0.2) is 0 Å². The lowest BCUT2D eigenvalue weighted by Crippen LogP contribution is -2.04. The van der Waals surface area contributed by atoms with Crippen LogP contribution < -0.4 is 0 Å². The number of ketones is 1. The number of aliphatic imine (C=N–C) groups is 1. The number of carbonyl (C=O) groups excluding carboxylic acids is 1. The first-order valence-electron chi connectivity index (χ1n) is 4.26. The van der Waals surface area contributed by atoms with Crippen molar-refractivity contribution in [3.05, 3.63) is 35.9 Å². The van der Waals surface area contributed by atoms with Crippen LogP contribution in [0.1, 0.15) is 19.4 Å². The van der Waals surface area contributed by atoms with E-state index < -0.39 is 0 Å². The first kappa shape index (κ1) is 9.65. The average molecular weight is 175 g/mol. The molecule has 0 spiro atoms. The van der Waals surface area contributed by atoms with Gasteiger partial charge in [0.2, 0.25) is 0 Å². The minimum atomic E-state index is 0.0379. The minimum Gasteiger partial charge on any atom is -0.293 e. The number of benzene rings is 1. The molecule has 0 aliphatic rings. The zero-order chi connectivity index (χ0) is 9.68. The Morgan fingerprint density at radius 1 is 1.23 bits per heavy atom. The summed E-state index contributed by atoms with van der Waals surface area (Å²) in [6.07, 6.45) is 0. The van der Waals surface area contributed by atoms with E-state index in [-0.39, 0.29) is 5.78 Å². The van der Waals surface area contributed by atoms with Crippen LogP contribution in [0.5, 0.6) is 0 Å². The fraction of sp³-hybridized carbons (Fsp3) is 0.273. The van der Waals surface area contributed by atoms with Gasteiger partial charge in [0.25, 0.3) is 0 Å². The van der Waals surface area contributed by atoms with Crippen molar-refractivity contribution >= 4 is 11.5 Å². The summed E-state index contributed by atoms with van der Waals surface area (Å²) < 4.78 is 0. The van der Waals surface area contributed by atoms with Gasteiger partial charge in [0, 0.05) is 6.92 Å². The van der Waals surface area contributed by atoms with Crippen LogP contribution in [0, 0.1) is 0 Å². The molecule has 0 saturated heterocycles. The third-order valence-electron chi connectivity index (χ3n) is 1.85. The van der Waals surface area contributed by atoms with Crippen LogP contribution in [0.3, 0.4) is 0 Å². The number of hydrogen-bond acceptors (Lipinski definition) is 2. The standard InChI is InChI=1S/C11H13NO/c1-9(10(2)13)12-8-11-6-4-3-5-7-11/h3-7H,8H2,1-2H3/b12-9+. The van der Waals surface area contributed by atoms with Gasteiger partial charge in [-0.2, -0.15) is 0 Å². The fourth-order valence-electron chi connectivity index (χ4n) is 0.905.